The van der Waals surface area contributed by atoms with Crippen molar-refractivity contribution in [1.82, 2.24) is 0 Å². The molecule has 0 spiro atoms. The zero-order valence-electron chi connectivity index (χ0n) is 22.7. The van der Waals surface area contributed by atoms with Crippen LogP contribution >= 0.6 is 67.6 Å². The molecule has 0 N–H and O–H groups in total. The fourth-order valence-corrected chi connectivity index (χ4v) is 10.9. The van der Waals surface area contributed by atoms with Crippen molar-refractivity contribution in [2.75, 3.05) is 24.6 Å². The van der Waals surface area contributed by atoms with Gasteiger partial charge in [-0.3, -0.25) is 0 Å². The Labute approximate surface area is 246 Å². The first-order chi connectivity index (χ1) is 14.2. The number of hydrogen-bond donors (Lipinski definition) is 0. The molecule has 0 aromatic heterocycles. The summed E-state index contributed by atoms with van der Waals surface area (Å²) in [6, 6.07) is 0. The largest absolute Gasteiger partial charge is 0.147 e. The average Bonchev–Trinajstić information content (AvgIpc) is 2.74. The molecule has 4 heteroatoms. The van der Waals surface area contributed by atoms with Gasteiger partial charge in [-0.15, -0.1) is 60.4 Å². The molecule has 0 atom stereocenters. The maximum Gasteiger partial charge on any atom is -0.107 e. The molecule has 0 saturated heterocycles. The van der Waals surface area contributed by atoms with Gasteiger partial charge in [0.1, 0.15) is 0 Å². The summed E-state index contributed by atoms with van der Waals surface area (Å²) in [6.45, 7) is 9.49. The van der Waals surface area contributed by atoms with Crippen molar-refractivity contribution in [3.63, 3.8) is 0 Å². The second-order valence-electron chi connectivity index (χ2n) is 10.2. The van der Waals surface area contributed by atoms with E-state index in [-0.39, 0.29) is 60.4 Å². The smallest absolute Gasteiger partial charge is 0.107 e. The molecule has 0 radical (unpaired) electrons. The van der Waals surface area contributed by atoms with Crippen molar-refractivity contribution in [3.05, 3.63) is 0 Å². The molecule has 32 heavy (non-hydrogen) atoms. The molecule has 0 fully saturated rings. The zero-order valence-corrected chi connectivity index (χ0v) is 29.2. The summed E-state index contributed by atoms with van der Waals surface area (Å²) in [5, 5.41) is 0. The van der Waals surface area contributed by atoms with Crippen molar-refractivity contribution in [1.29, 1.82) is 0 Å². The summed E-state index contributed by atoms with van der Waals surface area (Å²) in [5.41, 5.74) is 0. The van der Waals surface area contributed by atoms with E-state index in [0.717, 1.165) is 0 Å². The van der Waals surface area contributed by atoms with E-state index in [2.05, 4.69) is 27.7 Å². The van der Waals surface area contributed by atoms with Crippen LogP contribution in [0.25, 0.3) is 0 Å². The van der Waals surface area contributed by atoms with Gasteiger partial charge in [0.15, 0.2) is 0 Å². The topological polar surface area (TPSA) is 0 Å². The molecule has 0 aliphatic rings. The van der Waals surface area contributed by atoms with Gasteiger partial charge < -0.3 is 0 Å². The van der Waals surface area contributed by atoms with Gasteiger partial charge >= 0.3 is 162 Å². The molecule has 202 valence electrons. The van der Waals surface area contributed by atoms with Crippen LogP contribution < -0.4 is 0 Å². The Kier molecular flexibility index (Phi) is 42.8. The summed E-state index contributed by atoms with van der Waals surface area (Å²) >= 11 is 0. The zero-order chi connectivity index (χ0) is 21.5. The van der Waals surface area contributed by atoms with E-state index >= 15 is 0 Å². The molecule has 0 saturated carbocycles. The molecule has 0 aliphatic carbocycles. The van der Waals surface area contributed by atoms with Crippen LogP contribution in [0.2, 0.25) is 0 Å². The molecule has 0 amide bonds. The Hall–Kier alpha value is 2.18. The van der Waals surface area contributed by atoms with Gasteiger partial charge in [0.2, 0.25) is 0 Å². The average molecular weight is 721 g/mol. The van der Waals surface area contributed by atoms with E-state index in [1.807, 2.05) is 0 Å². The maximum atomic E-state index is 2.39. The SMILES string of the molecule is CCCCCCCCCCCCCCCC[PH](CCCC)(CCCC)CCCC.Cl.I.I. The Balaban J connectivity index is -0.00000131. The van der Waals surface area contributed by atoms with Crippen molar-refractivity contribution >= 4 is 67.6 Å². The Bertz CT molecular complexity index is 294. The quantitative estimate of drug-likeness (QED) is 0.0529. The van der Waals surface area contributed by atoms with Crippen LogP contribution in [0.5, 0.6) is 0 Å². The maximum absolute atomic E-state index is 2.39. The third-order valence-corrected chi connectivity index (χ3v) is 12.9. The standard InChI is InChI=1S/C28H61P.ClH.2HI/c1-5-9-13-14-15-16-17-18-19-20-21-22-23-24-28-29(25-10-6-2,26-11-7-3)27-12-8-4;;;/h29H,5-28H2,1-4H3;3*1H. The Morgan fingerprint density at radius 3 is 0.812 bits per heavy atom. The second kappa shape index (κ2) is 33.2. The minimum Gasteiger partial charge on any atom is -0.147 e. The third-order valence-electron chi connectivity index (χ3n) is 7.24. The van der Waals surface area contributed by atoms with Gasteiger partial charge in [-0.25, -0.2) is 0 Å². The molecule has 0 heterocycles. The molecule has 0 rings (SSSR count). The fraction of sp³-hybridized carbons (Fsp3) is 1.00. The first-order valence-electron chi connectivity index (χ1n) is 14.2. The summed E-state index contributed by atoms with van der Waals surface area (Å²) in [6.07, 6.45) is 36.2. The van der Waals surface area contributed by atoms with Crippen LogP contribution in [0.3, 0.4) is 0 Å². The van der Waals surface area contributed by atoms with Crippen molar-refractivity contribution in [2.24, 2.45) is 0 Å². The molecule has 0 nitrogen and oxygen atoms in total. The summed E-state index contributed by atoms with van der Waals surface area (Å²) in [5.74, 6) is 0. The van der Waals surface area contributed by atoms with Gasteiger partial charge in [0.25, 0.3) is 0 Å². The van der Waals surface area contributed by atoms with Gasteiger partial charge in [-0.1, -0.05) is 26.2 Å². The van der Waals surface area contributed by atoms with Crippen molar-refractivity contribution in [2.45, 2.75) is 156 Å². The molecule has 0 bridgehead atoms. The third kappa shape index (κ3) is 26.8. The van der Waals surface area contributed by atoms with E-state index in [1.165, 1.54) is 122 Å². The fourth-order valence-electron chi connectivity index (χ4n) is 5.10. The monoisotopic (exact) mass is 720 g/mol. The Morgan fingerprint density at radius 2 is 0.531 bits per heavy atom. The van der Waals surface area contributed by atoms with Crippen LogP contribution in [0.15, 0.2) is 0 Å². The van der Waals surface area contributed by atoms with E-state index in [1.54, 1.807) is 31.1 Å². The van der Waals surface area contributed by atoms with Crippen LogP contribution in [-0.4, -0.2) is 24.6 Å². The summed E-state index contributed by atoms with van der Waals surface area (Å²) in [7, 11) is -0.961. The molecule has 0 aromatic carbocycles. The summed E-state index contributed by atoms with van der Waals surface area (Å²) in [4.78, 5) is 0. The predicted molar refractivity (Wildman–Crippen MR) is 181 cm³/mol. The Morgan fingerprint density at radius 1 is 0.312 bits per heavy atom. The van der Waals surface area contributed by atoms with Crippen LogP contribution in [-0.2, 0) is 0 Å². The first kappa shape index (κ1) is 41.3. The summed E-state index contributed by atoms with van der Waals surface area (Å²) < 4.78 is 0. The minimum atomic E-state index is -0.961. The second-order valence-corrected chi connectivity index (χ2v) is 15.2. The van der Waals surface area contributed by atoms with E-state index in [0.29, 0.717) is 0 Å². The molecule has 0 aromatic rings. The number of hydrogen-bond acceptors (Lipinski definition) is 0. The van der Waals surface area contributed by atoms with Gasteiger partial charge in [0, 0.05) is 0 Å². The number of unbranched alkanes of at least 4 members (excludes halogenated alkanes) is 16. The van der Waals surface area contributed by atoms with E-state index < -0.39 is 7.26 Å². The molecule has 0 aliphatic heterocycles. The van der Waals surface area contributed by atoms with E-state index in [4.69, 9.17) is 0 Å². The molecular weight excluding hydrogens is 657 g/mol. The van der Waals surface area contributed by atoms with Crippen LogP contribution in [0.1, 0.15) is 156 Å². The van der Waals surface area contributed by atoms with Crippen molar-refractivity contribution in [3.8, 4) is 0 Å². The van der Waals surface area contributed by atoms with Crippen LogP contribution in [0.4, 0.5) is 0 Å². The van der Waals surface area contributed by atoms with E-state index in [9.17, 15) is 0 Å². The molecule has 0 unspecified atom stereocenters. The van der Waals surface area contributed by atoms with Gasteiger partial charge in [-0.05, 0) is 0 Å². The number of halogens is 3. The molecular formula is C28H64ClI2P. The first-order valence-corrected chi connectivity index (χ1v) is 17.1. The van der Waals surface area contributed by atoms with Gasteiger partial charge in [-0.2, -0.15) is 0 Å². The normalized spacial score (nSPS) is 11.4. The van der Waals surface area contributed by atoms with Crippen LogP contribution in [0, 0.1) is 0 Å². The van der Waals surface area contributed by atoms with Crippen molar-refractivity contribution < 1.29 is 0 Å². The number of rotatable bonds is 24. The minimum absolute atomic E-state index is 0. The van der Waals surface area contributed by atoms with Gasteiger partial charge in [0.05, 0.1) is 0 Å². The predicted octanol–water partition coefficient (Wildman–Crippen LogP) is 12.3.